The van der Waals surface area contributed by atoms with Crippen LogP contribution in [0, 0.1) is 35.5 Å². The van der Waals surface area contributed by atoms with Gasteiger partial charge >= 0.3 is 0 Å². The van der Waals surface area contributed by atoms with Gasteiger partial charge in [-0.25, -0.2) is 0 Å². The van der Waals surface area contributed by atoms with Crippen molar-refractivity contribution >= 4 is 23.6 Å². The van der Waals surface area contributed by atoms with Gasteiger partial charge < -0.3 is 0 Å². The fourth-order valence-electron chi connectivity index (χ4n) is 5.29. The normalized spacial score (nSPS) is 40.4. The quantitative estimate of drug-likeness (QED) is 0.555. The molecular formula is C18H22N2O4. The summed E-state index contributed by atoms with van der Waals surface area (Å²) in [5.74, 6) is -3.35. The maximum atomic E-state index is 12.8. The Kier molecular flexibility index (Phi) is 3.09. The van der Waals surface area contributed by atoms with Crippen molar-refractivity contribution in [2.75, 3.05) is 0 Å². The van der Waals surface area contributed by atoms with Crippen molar-refractivity contribution in [3.63, 3.8) is 0 Å². The number of carbonyl (C=O) groups excluding carboxylic acids is 4. The molecule has 4 unspecified atom stereocenters. The maximum absolute atomic E-state index is 12.8. The van der Waals surface area contributed by atoms with E-state index in [9.17, 15) is 19.2 Å². The van der Waals surface area contributed by atoms with Gasteiger partial charge in [-0.1, -0.05) is 12.2 Å². The molecule has 2 saturated heterocycles. The number of hydrogen-bond acceptors (Lipinski definition) is 4. The summed E-state index contributed by atoms with van der Waals surface area (Å²) in [5, 5.41) is 0. The monoisotopic (exact) mass is 330 g/mol. The fourth-order valence-corrected chi connectivity index (χ4v) is 5.29. The van der Waals surface area contributed by atoms with Gasteiger partial charge in [0.2, 0.25) is 23.6 Å². The lowest BCUT2D eigenvalue weighted by molar-refractivity contribution is -0.142. The molecule has 2 aliphatic heterocycles. The van der Waals surface area contributed by atoms with E-state index >= 15 is 0 Å². The molecule has 3 aliphatic carbocycles. The van der Waals surface area contributed by atoms with E-state index in [2.05, 4.69) is 0 Å². The number of likely N-dealkylation sites (tertiary alicyclic amines) is 2. The highest BCUT2D eigenvalue weighted by Gasteiger charge is 2.68. The third kappa shape index (κ3) is 1.61. The summed E-state index contributed by atoms with van der Waals surface area (Å²) in [6, 6.07) is -0.401. The van der Waals surface area contributed by atoms with Crippen LogP contribution in [0.4, 0.5) is 0 Å². The van der Waals surface area contributed by atoms with Crippen molar-refractivity contribution in [2.45, 2.75) is 39.8 Å². The molecule has 1 saturated carbocycles. The van der Waals surface area contributed by atoms with Crippen LogP contribution >= 0.6 is 0 Å². The molecule has 0 aromatic carbocycles. The molecular weight excluding hydrogens is 308 g/mol. The number of rotatable bonds is 2. The molecule has 5 rings (SSSR count). The first kappa shape index (κ1) is 15.5. The summed E-state index contributed by atoms with van der Waals surface area (Å²) in [6.07, 6.45) is 3.80. The molecule has 5 aliphatic rings. The number of carbonyl (C=O) groups is 4. The SMILES string of the molecule is CC(C)N1C(=O)C2C3C=CC(C2C1=O)C1C(=O)N(C(C)C)C(=O)C31. The smallest absolute Gasteiger partial charge is 0.233 e. The van der Waals surface area contributed by atoms with E-state index in [1.54, 1.807) is 0 Å². The Morgan fingerprint density at radius 2 is 0.875 bits per heavy atom. The first-order chi connectivity index (χ1) is 11.3. The van der Waals surface area contributed by atoms with E-state index in [4.69, 9.17) is 0 Å². The summed E-state index contributed by atoms with van der Waals surface area (Å²) >= 11 is 0. The van der Waals surface area contributed by atoms with Crippen molar-refractivity contribution in [3.8, 4) is 0 Å². The Bertz CT molecular complexity index is 593. The molecule has 2 heterocycles. The second-order valence-corrected chi connectivity index (χ2v) is 7.92. The predicted octanol–water partition coefficient (Wildman–Crippen LogP) is 0.821. The number of nitrogens with zero attached hydrogens (tertiary/aromatic N) is 2. The minimum absolute atomic E-state index is 0.180. The Balaban J connectivity index is 1.79. The van der Waals surface area contributed by atoms with Gasteiger partial charge in [0.05, 0.1) is 23.7 Å². The molecule has 24 heavy (non-hydrogen) atoms. The van der Waals surface area contributed by atoms with Crippen LogP contribution in [0.3, 0.4) is 0 Å². The first-order valence-corrected chi connectivity index (χ1v) is 8.69. The van der Waals surface area contributed by atoms with Gasteiger partial charge in [-0.3, -0.25) is 29.0 Å². The highest BCUT2D eigenvalue weighted by atomic mass is 16.2. The van der Waals surface area contributed by atoms with Gasteiger partial charge in [-0.05, 0) is 27.7 Å². The third-order valence-electron chi connectivity index (χ3n) is 6.11. The minimum atomic E-state index is -0.486. The molecule has 3 fully saturated rings. The maximum Gasteiger partial charge on any atom is 0.233 e. The molecule has 128 valence electrons. The molecule has 4 amide bonds. The lowest BCUT2D eigenvalue weighted by atomic mass is 9.54. The van der Waals surface area contributed by atoms with Gasteiger partial charge in [0.15, 0.2) is 0 Å². The number of amides is 4. The molecule has 0 N–H and O–H groups in total. The fraction of sp³-hybridized carbons (Fsp3) is 0.667. The minimum Gasteiger partial charge on any atom is -0.280 e. The summed E-state index contributed by atoms with van der Waals surface area (Å²) in [4.78, 5) is 54.0. The van der Waals surface area contributed by atoms with E-state index in [1.165, 1.54) is 9.80 Å². The topological polar surface area (TPSA) is 74.8 Å². The van der Waals surface area contributed by atoms with Crippen molar-refractivity contribution < 1.29 is 19.2 Å². The van der Waals surface area contributed by atoms with Crippen LogP contribution in [0.5, 0.6) is 0 Å². The van der Waals surface area contributed by atoms with Crippen molar-refractivity contribution in [1.29, 1.82) is 0 Å². The van der Waals surface area contributed by atoms with Crippen molar-refractivity contribution in [1.82, 2.24) is 9.80 Å². The standard InChI is InChI=1S/C18H22N2O4/c1-7(2)19-15(21)11-9-5-6-10(12(11)16(19)22)14-13(9)17(23)20(8(3)4)18(14)24/h5-14H,1-4H3. The van der Waals surface area contributed by atoms with Crippen molar-refractivity contribution in [2.24, 2.45) is 35.5 Å². The second kappa shape index (κ2) is 4.77. The van der Waals surface area contributed by atoms with Crippen LogP contribution in [0.25, 0.3) is 0 Å². The molecule has 2 bridgehead atoms. The number of allylic oxidation sites excluding steroid dienone is 2. The Labute approximate surface area is 140 Å². The highest BCUT2D eigenvalue weighted by Crippen LogP contribution is 2.58. The molecule has 0 aromatic rings. The molecule has 6 nitrogen and oxygen atoms in total. The van der Waals surface area contributed by atoms with Crippen LogP contribution in [0.15, 0.2) is 12.2 Å². The highest BCUT2D eigenvalue weighted by molar-refractivity contribution is 6.11. The van der Waals surface area contributed by atoms with Crippen molar-refractivity contribution in [3.05, 3.63) is 12.2 Å². The average molecular weight is 330 g/mol. The van der Waals surface area contributed by atoms with Gasteiger partial charge in [0, 0.05) is 23.9 Å². The van der Waals surface area contributed by atoms with E-state index < -0.39 is 23.7 Å². The van der Waals surface area contributed by atoms with Crippen LogP contribution < -0.4 is 0 Å². The average Bonchev–Trinajstić information content (AvgIpc) is 2.94. The number of hydrogen-bond donors (Lipinski definition) is 0. The first-order valence-electron chi connectivity index (χ1n) is 8.69. The zero-order chi connectivity index (χ0) is 17.5. The second-order valence-electron chi connectivity index (χ2n) is 7.92. The van der Waals surface area contributed by atoms with Gasteiger partial charge in [0.1, 0.15) is 0 Å². The lowest BCUT2D eigenvalue weighted by Gasteiger charge is -2.44. The van der Waals surface area contributed by atoms with Crippen LogP contribution in [0.1, 0.15) is 27.7 Å². The molecule has 0 aromatic heterocycles. The Hall–Kier alpha value is -1.98. The molecule has 6 heteroatoms. The summed E-state index contributed by atoms with van der Waals surface area (Å²) < 4.78 is 0. The van der Waals surface area contributed by atoms with E-state index in [-0.39, 0.29) is 47.5 Å². The van der Waals surface area contributed by atoms with E-state index in [0.29, 0.717) is 0 Å². The zero-order valence-corrected chi connectivity index (χ0v) is 14.3. The van der Waals surface area contributed by atoms with Gasteiger partial charge in [-0.15, -0.1) is 0 Å². The summed E-state index contributed by atoms with van der Waals surface area (Å²) in [5.41, 5.74) is 0. The Morgan fingerprint density at radius 1 is 0.625 bits per heavy atom. The van der Waals surface area contributed by atoms with E-state index in [1.807, 2.05) is 39.8 Å². The predicted molar refractivity (Wildman–Crippen MR) is 84.1 cm³/mol. The zero-order valence-electron chi connectivity index (χ0n) is 14.3. The van der Waals surface area contributed by atoms with Gasteiger partial charge in [-0.2, -0.15) is 0 Å². The van der Waals surface area contributed by atoms with Crippen LogP contribution in [-0.2, 0) is 19.2 Å². The summed E-state index contributed by atoms with van der Waals surface area (Å²) in [6.45, 7) is 7.28. The summed E-state index contributed by atoms with van der Waals surface area (Å²) in [7, 11) is 0. The van der Waals surface area contributed by atoms with Crippen LogP contribution in [-0.4, -0.2) is 45.5 Å². The molecule has 4 atom stereocenters. The van der Waals surface area contributed by atoms with E-state index in [0.717, 1.165) is 0 Å². The molecule has 0 radical (unpaired) electrons. The Morgan fingerprint density at radius 3 is 1.08 bits per heavy atom. The van der Waals surface area contributed by atoms with Crippen LogP contribution in [0.2, 0.25) is 0 Å². The third-order valence-corrected chi connectivity index (χ3v) is 6.11. The molecule has 0 spiro atoms. The van der Waals surface area contributed by atoms with Gasteiger partial charge in [0.25, 0.3) is 0 Å². The lowest BCUT2D eigenvalue weighted by Crippen LogP contribution is -2.50. The largest absolute Gasteiger partial charge is 0.280 e. The number of imide groups is 2.